The van der Waals surface area contributed by atoms with Crippen LogP contribution in [0.15, 0.2) is 18.2 Å². The summed E-state index contributed by atoms with van der Waals surface area (Å²) in [6, 6.07) is 3.74. The van der Waals surface area contributed by atoms with Gasteiger partial charge in [-0.05, 0) is 38.0 Å². The van der Waals surface area contributed by atoms with Crippen molar-refractivity contribution in [2.45, 2.75) is 37.9 Å². The lowest BCUT2D eigenvalue weighted by Crippen LogP contribution is -2.99. The number of hydrogen-bond acceptors (Lipinski definition) is 7. The van der Waals surface area contributed by atoms with Crippen molar-refractivity contribution in [2.75, 3.05) is 19.1 Å². The molecule has 0 bridgehead atoms. The number of likely N-dealkylation sites (tertiary alicyclic amines) is 1. The fourth-order valence-corrected chi connectivity index (χ4v) is 5.26. The second kappa shape index (κ2) is 7.87. The van der Waals surface area contributed by atoms with Crippen LogP contribution in [0.4, 0.5) is 0 Å². The summed E-state index contributed by atoms with van der Waals surface area (Å²) in [5.74, 6) is -3.65. The number of carbonyl (C=O) groups is 3. The Kier molecular flexibility index (Phi) is 5.82. The van der Waals surface area contributed by atoms with Gasteiger partial charge < -0.3 is 25.1 Å². The largest absolute Gasteiger partial charge is 0.544 e. The number of rotatable bonds is 7. The fourth-order valence-electron chi connectivity index (χ4n) is 4.72. The number of carbonyl (C=O) groups excluding carboxylic acids is 3. The molecule has 0 aliphatic carbocycles. The van der Waals surface area contributed by atoms with Crippen LogP contribution in [0.1, 0.15) is 31.9 Å². The smallest absolute Gasteiger partial charge is 0.240 e. The number of quaternary nitrogens is 1. The summed E-state index contributed by atoms with van der Waals surface area (Å²) in [6.07, 6.45) is 2.02. The Morgan fingerprint density at radius 2 is 2.07 bits per heavy atom. The number of hydrogen-bond donors (Lipinski definition) is 2. The van der Waals surface area contributed by atoms with Crippen LogP contribution in [-0.2, 0) is 14.4 Å². The summed E-state index contributed by atoms with van der Waals surface area (Å²) in [5.41, 5.74) is -1.21. The van der Waals surface area contributed by atoms with Crippen LogP contribution < -0.4 is 15.2 Å². The number of imide groups is 1. The van der Waals surface area contributed by atoms with E-state index in [9.17, 15) is 24.6 Å². The van der Waals surface area contributed by atoms with Crippen molar-refractivity contribution in [3.63, 3.8) is 0 Å². The molecule has 0 radical (unpaired) electrons. The Bertz CT molecular complexity index is 844. The zero-order valence-electron chi connectivity index (χ0n) is 16.9. The number of carboxylic acids is 1. The standard InChI is InChI=1S/C20H26N2O6S/c1-10(2)22-17(24)13-14(18(22)25)20(19(26)27,8-9-29-4)21-15(13)11-6-5-7-12(28-3)16(11)23/h5-7,10,13-15,21,23H,8-9H2,1-4H3,(H,26,27)/t13-,14+,15+,20+/m0/s1. The van der Waals surface area contributed by atoms with Crippen LogP contribution in [-0.4, -0.2) is 58.5 Å². The van der Waals surface area contributed by atoms with E-state index in [0.717, 1.165) is 4.90 Å². The summed E-state index contributed by atoms with van der Waals surface area (Å²) in [6.45, 7) is 3.45. The average molecular weight is 423 g/mol. The molecule has 0 unspecified atom stereocenters. The number of amides is 2. The van der Waals surface area contributed by atoms with Crippen molar-refractivity contribution in [3.8, 4) is 11.5 Å². The van der Waals surface area contributed by atoms with E-state index in [0.29, 0.717) is 11.3 Å². The molecule has 0 aromatic heterocycles. The number of benzene rings is 1. The number of aromatic hydroxyl groups is 1. The van der Waals surface area contributed by atoms with Crippen LogP contribution >= 0.6 is 11.8 Å². The molecule has 3 rings (SSSR count). The first kappa shape index (κ1) is 21.4. The summed E-state index contributed by atoms with van der Waals surface area (Å²) >= 11 is 1.46. The highest BCUT2D eigenvalue weighted by molar-refractivity contribution is 7.98. The van der Waals surface area contributed by atoms with Crippen molar-refractivity contribution in [1.82, 2.24) is 4.90 Å². The first-order chi connectivity index (χ1) is 13.7. The molecule has 0 saturated carbocycles. The van der Waals surface area contributed by atoms with E-state index in [-0.39, 0.29) is 24.0 Å². The number of ether oxygens (including phenoxy) is 1. The monoisotopic (exact) mass is 422 g/mol. The van der Waals surface area contributed by atoms with Gasteiger partial charge in [0.05, 0.1) is 12.7 Å². The van der Waals surface area contributed by atoms with Gasteiger partial charge in [0.15, 0.2) is 17.0 Å². The van der Waals surface area contributed by atoms with Crippen molar-refractivity contribution in [1.29, 1.82) is 0 Å². The predicted molar refractivity (Wildman–Crippen MR) is 104 cm³/mol. The first-order valence-electron chi connectivity index (χ1n) is 9.50. The van der Waals surface area contributed by atoms with Gasteiger partial charge in [-0.25, -0.2) is 0 Å². The Labute approximate surface area is 173 Å². The number of methoxy groups -OCH3 is 1. The Morgan fingerprint density at radius 3 is 2.62 bits per heavy atom. The Balaban J connectivity index is 2.18. The van der Waals surface area contributed by atoms with Crippen molar-refractivity contribution < 1.29 is 34.7 Å². The SMILES string of the molecule is COc1cccc([C@H]2[NH2+][C@@](CCSC)(C(=O)[O-])[C@H]3C(=O)N(C(C)C)C(=O)[C@H]23)c1O. The molecular weight excluding hydrogens is 396 g/mol. The van der Waals surface area contributed by atoms with Gasteiger partial charge in [-0.2, -0.15) is 11.8 Å². The van der Waals surface area contributed by atoms with Crippen LogP contribution in [0.3, 0.4) is 0 Å². The van der Waals surface area contributed by atoms with Crippen LogP contribution in [0.25, 0.3) is 0 Å². The molecule has 2 saturated heterocycles. The highest BCUT2D eigenvalue weighted by Gasteiger charge is 2.69. The molecule has 158 valence electrons. The topological polar surface area (TPSA) is 124 Å². The maximum atomic E-state index is 13.2. The van der Waals surface area contributed by atoms with E-state index >= 15 is 0 Å². The number of aliphatic carboxylic acids is 1. The van der Waals surface area contributed by atoms with Gasteiger partial charge >= 0.3 is 0 Å². The molecule has 4 atom stereocenters. The Hall–Kier alpha value is -2.26. The molecule has 2 aliphatic heterocycles. The molecule has 2 amide bonds. The minimum atomic E-state index is -1.58. The predicted octanol–water partition coefficient (Wildman–Crippen LogP) is -0.730. The van der Waals surface area contributed by atoms with Gasteiger partial charge in [0.1, 0.15) is 23.8 Å². The number of fused-ring (bicyclic) bond motifs is 1. The number of nitrogens with zero attached hydrogens (tertiary/aromatic N) is 1. The van der Waals surface area contributed by atoms with Gasteiger partial charge in [-0.15, -0.1) is 0 Å². The molecule has 9 heteroatoms. The minimum Gasteiger partial charge on any atom is -0.544 e. The normalized spacial score (nSPS) is 28.9. The van der Waals surface area contributed by atoms with Gasteiger partial charge in [0.2, 0.25) is 11.8 Å². The number of phenols is 1. The van der Waals surface area contributed by atoms with Crippen molar-refractivity contribution in [3.05, 3.63) is 23.8 Å². The molecule has 1 aromatic rings. The van der Waals surface area contributed by atoms with E-state index in [1.54, 1.807) is 32.0 Å². The Morgan fingerprint density at radius 1 is 1.38 bits per heavy atom. The lowest BCUT2D eigenvalue weighted by atomic mass is 9.78. The van der Waals surface area contributed by atoms with Gasteiger partial charge in [-0.1, -0.05) is 6.07 Å². The van der Waals surface area contributed by atoms with Gasteiger partial charge in [0.25, 0.3) is 0 Å². The highest BCUT2D eigenvalue weighted by Crippen LogP contribution is 2.48. The average Bonchev–Trinajstić information content (AvgIpc) is 3.15. The second-order valence-corrected chi connectivity index (χ2v) is 8.79. The first-order valence-corrected chi connectivity index (χ1v) is 10.9. The van der Waals surface area contributed by atoms with E-state index in [1.165, 1.54) is 24.2 Å². The molecule has 29 heavy (non-hydrogen) atoms. The van der Waals surface area contributed by atoms with Crippen molar-refractivity contribution >= 4 is 29.5 Å². The van der Waals surface area contributed by atoms with Crippen LogP contribution in [0, 0.1) is 11.8 Å². The summed E-state index contributed by atoms with van der Waals surface area (Å²) in [7, 11) is 1.41. The summed E-state index contributed by atoms with van der Waals surface area (Å²) < 4.78 is 5.17. The third kappa shape index (κ3) is 3.16. The zero-order valence-corrected chi connectivity index (χ0v) is 17.7. The maximum absolute atomic E-state index is 13.2. The molecule has 1 aromatic carbocycles. The number of carboxylic acid groups (broad SMARTS) is 1. The van der Waals surface area contributed by atoms with E-state index < -0.39 is 41.2 Å². The fraction of sp³-hybridized carbons (Fsp3) is 0.550. The van der Waals surface area contributed by atoms with Crippen LogP contribution in [0.2, 0.25) is 0 Å². The molecular formula is C20H26N2O6S. The molecule has 0 spiro atoms. The quantitative estimate of drug-likeness (QED) is 0.555. The third-order valence-corrected chi connectivity index (χ3v) is 6.64. The molecule has 2 heterocycles. The maximum Gasteiger partial charge on any atom is 0.240 e. The molecule has 2 aliphatic rings. The number of phenolic OH excluding ortho intramolecular Hbond substituents is 1. The number of para-hydroxylation sites is 1. The lowest BCUT2D eigenvalue weighted by Gasteiger charge is -2.33. The minimum absolute atomic E-state index is 0.155. The molecule has 3 N–H and O–H groups in total. The summed E-state index contributed by atoms with van der Waals surface area (Å²) in [5, 5.41) is 24.6. The number of thioether (sulfide) groups is 1. The van der Waals surface area contributed by atoms with E-state index in [1.807, 2.05) is 6.26 Å². The van der Waals surface area contributed by atoms with Crippen LogP contribution in [0.5, 0.6) is 11.5 Å². The molecule has 2 fully saturated rings. The summed E-state index contributed by atoms with van der Waals surface area (Å²) in [4.78, 5) is 40.0. The molecule has 8 nitrogen and oxygen atoms in total. The van der Waals surface area contributed by atoms with Gasteiger partial charge in [0, 0.05) is 12.5 Å². The second-order valence-electron chi connectivity index (χ2n) is 7.80. The van der Waals surface area contributed by atoms with Crippen molar-refractivity contribution in [2.24, 2.45) is 11.8 Å². The number of nitrogens with two attached hydrogens (primary N) is 1. The lowest BCUT2D eigenvalue weighted by molar-refractivity contribution is -0.739. The third-order valence-electron chi connectivity index (χ3n) is 6.03. The van der Waals surface area contributed by atoms with E-state index in [4.69, 9.17) is 4.74 Å². The van der Waals surface area contributed by atoms with Gasteiger partial charge in [-0.3, -0.25) is 14.5 Å². The zero-order chi connectivity index (χ0) is 21.5. The van der Waals surface area contributed by atoms with E-state index in [2.05, 4.69) is 0 Å². The highest BCUT2D eigenvalue weighted by atomic mass is 32.2.